The Morgan fingerprint density at radius 3 is 2.17 bits per heavy atom. The highest BCUT2D eigenvalue weighted by molar-refractivity contribution is 7.90. The summed E-state index contributed by atoms with van der Waals surface area (Å²) < 4.78 is 25.3. The summed E-state index contributed by atoms with van der Waals surface area (Å²) >= 11 is 0. The molecule has 1 fully saturated rings. The standard InChI is InChI=1S/C8H17NO2S/c1-8(2,3)6-9-12(10,11)7-4-5-7/h7,9H,4-6H2,1-3H3. The molecule has 0 heterocycles. The van der Waals surface area contributed by atoms with E-state index >= 15 is 0 Å². The third-order valence-corrected chi connectivity index (χ3v) is 3.66. The molecule has 0 spiro atoms. The summed E-state index contributed by atoms with van der Waals surface area (Å²) in [6.07, 6.45) is 1.67. The average molecular weight is 191 g/mol. The first-order valence-electron chi connectivity index (χ1n) is 4.30. The van der Waals surface area contributed by atoms with Crippen LogP contribution in [0, 0.1) is 5.41 Å². The SMILES string of the molecule is CC(C)(C)CNS(=O)(=O)C1CC1. The Bertz CT molecular complexity index is 247. The molecule has 3 nitrogen and oxygen atoms in total. The molecule has 0 aromatic heterocycles. The van der Waals surface area contributed by atoms with Crippen LogP contribution in [-0.2, 0) is 10.0 Å². The summed E-state index contributed by atoms with van der Waals surface area (Å²) in [7, 11) is -2.97. The molecular formula is C8H17NO2S. The van der Waals surface area contributed by atoms with E-state index in [4.69, 9.17) is 0 Å². The minimum atomic E-state index is -2.97. The predicted molar refractivity (Wildman–Crippen MR) is 49.4 cm³/mol. The van der Waals surface area contributed by atoms with Crippen molar-refractivity contribution in [1.29, 1.82) is 0 Å². The molecule has 0 atom stereocenters. The molecule has 12 heavy (non-hydrogen) atoms. The van der Waals surface area contributed by atoms with Crippen LogP contribution in [0.4, 0.5) is 0 Å². The molecule has 1 saturated carbocycles. The maximum absolute atomic E-state index is 11.3. The predicted octanol–water partition coefficient (Wildman–Crippen LogP) is 1.11. The van der Waals surface area contributed by atoms with Crippen molar-refractivity contribution in [3.05, 3.63) is 0 Å². The molecule has 1 rings (SSSR count). The summed E-state index contributed by atoms with van der Waals surface area (Å²) in [4.78, 5) is 0. The van der Waals surface area contributed by atoms with Gasteiger partial charge in [-0.25, -0.2) is 13.1 Å². The van der Waals surface area contributed by atoms with E-state index in [-0.39, 0.29) is 10.7 Å². The van der Waals surface area contributed by atoms with E-state index in [0.29, 0.717) is 6.54 Å². The molecule has 1 aliphatic carbocycles. The van der Waals surface area contributed by atoms with Gasteiger partial charge in [0.05, 0.1) is 5.25 Å². The number of hydrogen-bond donors (Lipinski definition) is 1. The van der Waals surface area contributed by atoms with Gasteiger partial charge in [-0.15, -0.1) is 0 Å². The van der Waals surface area contributed by atoms with Crippen molar-refractivity contribution in [2.45, 2.75) is 38.9 Å². The van der Waals surface area contributed by atoms with Gasteiger partial charge >= 0.3 is 0 Å². The number of rotatable bonds is 3. The topological polar surface area (TPSA) is 46.2 Å². The molecule has 4 heteroatoms. The van der Waals surface area contributed by atoms with Crippen molar-refractivity contribution < 1.29 is 8.42 Å². The van der Waals surface area contributed by atoms with Gasteiger partial charge in [-0.2, -0.15) is 0 Å². The minimum absolute atomic E-state index is 0.0297. The molecule has 0 saturated heterocycles. The fourth-order valence-corrected chi connectivity index (χ4v) is 2.44. The maximum Gasteiger partial charge on any atom is 0.214 e. The zero-order valence-electron chi connectivity index (χ0n) is 7.92. The van der Waals surface area contributed by atoms with Crippen LogP contribution >= 0.6 is 0 Å². The van der Waals surface area contributed by atoms with Crippen LogP contribution in [0.2, 0.25) is 0 Å². The van der Waals surface area contributed by atoms with Crippen molar-refractivity contribution in [2.75, 3.05) is 6.54 Å². The van der Waals surface area contributed by atoms with Gasteiger partial charge in [0.15, 0.2) is 0 Å². The maximum atomic E-state index is 11.3. The van der Waals surface area contributed by atoms with Crippen LogP contribution in [0.1, 0.15) is 33.6 Å². The van der Waals surface area contributed by atoms with E-state index in [1.807, 2.05) is 20.8 Å². The number of nitrogens with one attached hydrogen (secondary N) is 1. The molecule has 0 amide bonds. The van der Waals surface area contributed by atoms with E-state index in [1.54, 1.807) is 0 Å². The van der Waals surface area contributed by atoms with E-state index in [1.165, 1.54) is 0 Å². The van der Waals surface area contributed by atoms with Gasteiger partial charge in [0.25, 0.3) is 0 Å². The summed E-state index contributed by atoms with van der Waals surface area (Å²) in [5.74, 6) is 0. The first-order chi connectivity index (χ1) is 5.31. The summed E-state index contributed by atoms with van der Waals surface area (Å²) in [6, 6.07) is 0. The molecule has 0 aromatic rings. The Balaban J connectivity index is 2.41. The molecule has 0 aliphatic heterocycles. The fourth-order valence-electron chi connectivity index (χ4n) is 0.813. The Labute approximate surface area is 74.6 Å². The van der Waals surface area contributed by atoms with Crippen LogP contribution < -0.4 is 4.72 Å². The number of hydrogen-bond acceptors (Lipinski definition) is 2. The molecule has 0 bridgehead atoms. The molecule has 1 aliphatic rings. The highest BCUT2D eigenvalue weighted by Crippen LogP contribution is 2.27. The second-order valence-corrected chi connectivity index (χ2v) is 6.67. The van der Waals surface area contributed by atoms with Crippen LogP contribution in [-0.4, -0.2) is 20.2 Å². The highest BCUT2D eigenvalue weighted by Gasteiger charge is 2.35. The second kappa shape index (κ2) is 3.00. The van der Waals surface area contributed by atoms with Crippen LogP contribution in [0.3, 0.4) is 0 Å². The number of sulfonamides is 1. The lowest BCUT2D eigenvalue weighted by molar-refractivity contribution is 0.407. The normalized spacial score (nSPS) is 19.6. The van der Waals surface area contributed by atoms with Gasteiger partial charge in [0.1, 0.15) is 0 Å². The molecule has 72 valence electrons. The quantitative estimate of drug-likeness (QED) is 0.726. The van der Waals surface area contributed by atoms with Crippen LogP contribution in [0.5, 0.6) is 0 Å². The van der Waals surface area contributed by atoms with Crippen molar-refractivity contribution in [3.63, 3.8) is 0 Å². The van der Waals surface area contributed by atoms with E-state index in [9.17, 15) is 8.42 Å². The lowest BCUT2D eigenvalue weighted by atomic mass is 9.98. The van der Waals surface area contributed by atoms with E-state index < -0.39 is 10.0 Å². The van der Waals surface area contributed by atoms with Gasteiger partial charge in [-0.05, 0) is 18.3 Å². The van der Waals surface area contributed by atoms with Gasteiger partial charge in [-0.3, -0.25) is 0 Å². The molecular weight excluding hydrogens is 174 g/mol. The fraction of sp³-hybridized carbons (Fsp3) is 1.00. The van der Waals surface area contributed by atoms with Crippen LogP contribution in [0.15, 0.2) is 0 Å². The molecule has 0 unspecified atom stereocenters. The van der Waals surface area contributed by atoms with Gasteiger partial charge < -0.3 is 0 Å². The van der Waals surface area contributed by atoms with Crippen molar-refractivity contribution in [1.82, 2.24) is 4.72 Å². The smallest absolute Gasteiger partial charge is 0.214 e. The van der Waals surface area contributed by atoms with E-state index in [0.717, 1.165) is 12.8 Å². The minimum Gasteiger partial charge on any atom is -0.214 e. The Hall–Kier alpha value is -0.0900. The lowest BCUT2D eigenvalue weighted by Crippen LogP contribution is -2.34. The molecule has 0 radical (unpaired) electrons. The van der Waals surface area contributed by atoms with Gasteiger partial charge in [-0.1, -0.05) is 20.8 Å². The summed E-state index contributed by atoms with van der Waals surface area (Å²) in [5, 5.41) is -0.0974. The molecule has 0 aromatic carbocycles. The van der Waals surface area contributed by atoms with Crippen LogP contribution in [0.25, 0.3) is 0 Å². The Morgan fingerprint density at radius 2 is 1.83 bits per heavy atom. The van der Waals surface area contributed by atoms with Crippen molar-refractivity contribution >= 4 is 10.0 Å². The molecule has 1 N–H and O–H groups in total. The average Bonchev–Trinajstić information content (AvgIpc) is 2.62. The van der Waals surface area contributed by atoms with Crippen molar-refractivity contribution in [3.8, 4) is 0 Å². The first-order valence-corrected chi connectivity index (χ1v) is 5.84. The Kier molecular flexibility index (Phi) is 2.50. The first kappa shape index (κ1) is 9.99. The third kappa shape index (κ3) is 3.11. The third-order valence-electron chi connectivity index (χ3n) is 1.77. The largest absolute Gasteiger partial charge is 0.214 e. The van der Waals surface area contributed by atoms with E-state index in [2.05, 4.69) is 4.72 Å². The summed E-state index contributed by atoms with van der Waals surface area (Å²) in [6.45, 7) is 6.58. The monoisotopic (exact) mass is 191 g/mol. The lowest BCUT2D eigenvalue weighted by Gasteiger charge is -2.18. The van der Waals surface area contributed by atoms with Crippen molar-refractivity contribution in [2.24, 2.45) is 5.41 Å². The van der Waals surface area contributed by atoms with Gasteiger partial charge in [0, 0.05) is 6.54 Å². The zero-order valence-corrected chi connectivity index (χ0v) is 8.74. The summed E-state index contributed by atoms with van der Waals surface area (Å²) in [5.41, 5.74) is 0.0297. The highest BCUT2D eigenvalue weighted by atomic mass is 32.2. The Morgan fingerprint density at radius 1 is 1.33 bits per heavy atom. The zero-order chi connectivity index (χ0) is 9.41. The van der Waals surface area contributed by atoms with Gasteiger partial charge in [0.2, 0.25) is 10.0 Å². The second-order valence-electron chi connectivity index (χ2n) is 4.63.